The van der Waals surface area contributed by atoms with Crippen LogP contribution in [0.4, 0.5) is 8.78 Å². The zero-order valence-electron chi connectivity index (χ0n) is 8.92. The van der Waals surface area contributed by atoms with Crippen molar-refractivity contribution in [3.63, 3.8) is 0 Å². The Morgan fingerprint density at radius 1 is 1.44 bits per heavy atom. The molecule has 0 aliphatic carbocycles. The maximum Gasteiger partial charge on any atom is 0.130 e. The molecule has 1 aliphatic heterocycles. The van der Waals surface area contributed by atoms with Crippen molar-refractivity contribution in [1.82, 2.24) is 0 Å². The lowest BCUT2D eigenvalue weighted by Crippen LogP contribution is -2.20. The van der Waals surface area contributed by atoms with Gasteiger partial charge < -0.3 is 4.74 Å². The summed E-state index contributed by atoms with van der Waals surface area (Å²) in [6.07, 6.45) is 0.734. The second-order valence-electron chi connectivity index (χ2n) is 4.17. The minimum absolute atomic E-state index is 0.193. The van der Waals surface area contributed by atoms with Gasteiger partial charge in [-0.1, -0.05) is 13.0 Å². The van der Waals surface area contributed by atoms with Gasteiger partial charge in [-0.05, 0) is 18.4 Å². The van der Waals surface area contributed by atoms with Crippen LogP contribution in [-0.2, 0) is 4.74 Å². The van der Waals surface area contributed by atoms with Gasteiger partial charge >= 0.3 is 0 Å². The molecule has 0 saturated carbocycles. The van der Waals surface area contributed by atoms with E-state index < -0.39 is 17.0 Å². The maximum atomic E-state index is 13.5. The van der Waals surface area contributed by atoms with Gasteiger partial charge in [-0.25, -0.2) is 8.78 Å². The van der Waals surface area contributed by atoms with Crippen molar-refractivity contribution in [3.05, 3.63) is 35.4 Å². The molecule has 1 saturated heterocycles. The molecule has 0 spiro atoms. The summed E-state index contributed by atoms with van der Waals surface area (Å²) in [5.41, 5.74) is 0.307. The Bertz CT molecular complexity index is 383. The molecule has 0 aromatic heterocycles. The molecular weight excluding hydrogens is 234 g/mol. The monoisotopic (exact) mass is 246 g/mol. The van der Waals surface area contributed by atoms with Crippen molar-refractivity contribution in [2.75, 3.05) is 6.61 Å². The molecule has 0 amide bonds. The second kappa shape index (κ2) is 4.68. The molecule has 88 valence electrons. The number of halogens is 3. The molecule has 0 bridgehead atoms. The van der Waals surface area contributed by atoms with Gasteiger partial charge in [0.25, 0.3) is 0 Å². The lowest BCUT2D eigenvalue weighted by atomic mass is 9.97. The van der Waals surface area contributed by atoms with E-state index in [4.69, 9.17) is 16.3 Å². The summed E-state index contributed by atoms with van der Waals surface area (Å²) in [4.78, 5) is 0. The van der Waals surface area contributed by atoms with Crippen molar-refractivity contribution >= 4 is 11.6 Å². The summed E-state index contributed by atoms with van der Waals surface area (Å²) in [7, 11) is 0. The molecule has 1 aromatic carbocycles. The third kappa shape index (κ3) is 2.20. The summed E-state index contributed by atoms with van der Waals surface area (Å²) in [5, 5.41) is -0.557. The van der Waals surface area contributed by atoms with E-state index in [-0.39, 0.29) is 6.10 Å². The molecule has 1 aromatic rings. The standard InChI is InChI=1S/C12H13ClF2O/c1-7-4-5-16-12(7)11(13)9-3-2-8(14)6-10(9)15/h2-3,6-7,11-12H,4-5H2,1H3. The van der Waals surface area contributed by atoms with Crippen molar-refractivity contribution in [1.29, 1.82) is 0 Å². The fourth-order valence-electron chi connectivity index (χ4n) is 1.99. The van der Waals surface area contributed by atoms with Gasteiger partial charge in [0.15, 0.2) is 0 Å². The van der Waals surface area contributed by atoms with Crippen LogP contribution in [0.2, 0.25) is 0 Å². The normalized spacial score (nSPS) is 27.0. The van der Waals surface area contributed by atoms with Crippen LogP contribution in [0, 0.1) is 17.6 Å². The molecule has 2 rings (SSSR count). The molecule has 0 N–H and O–H groups in total. The number of hydrogen-bond donors (Lipinski definition) is 0. The SMILES string of the molecule is CC1CCOC1C(Cl)c1ccc(F)cc1F. The van der Waals surface area contributed by atoms with Crippen LogP contribution in [0.15, 0.2) is 18.2 Å². The average molecular weight is 247 g/mol. The third-order valence-electron chi connectivity index (χ3n) is 2.99. The minimum atomic E-state index is -0.609. The van der Waals surface area contributed by atoms with E-state index in [1.807, 2.05) is 6.92 Å². The first kappa shape index (κ1) is 11.8. The number of hydrogen-bond acceptors (Lipinski definition) is 1. The number of benzene rings is 1. The van der Waals surface area contributed by atoms with Crippen LogP contribution in [0.5, 0.6) is 0 Å². The first-order valence-electron chi connectivity index (χ1n) is 5.30. The highest BCUT2D eigenvalue weighted by atomic mass is 35.5. The quantitative estimate of drug-likeness (QED) is 0.724. The Kier molecular flexibility index (Phi) is 3.45. The van der Waals surface area contributed by atoms with Crippen LogP contribution in [0.1, 0.15) is 24.3 Å². The number of rotatable bonds is 2. The topological polar surface area (TPSA) is 9.23 Å². The summed E-state index contributed by atoms with van der Waals surface area (Å²) in [6.45, 7) is 2.67. The van der Waals surface area contributed by atoms with Gasteiger partial charge in [-0.3, -0.25) is 0 Å². The van der Waals surface area contributed by atoms with Crippen molar-refractivity contribution in [2.45, 2.75) is 24.8 Å². The largest absolute Gasteiger partial charge is 0.376 e. The third-order valence-corrected chi connectivity index (χ3v) is 3.48. The van der Waals surface area contributed by atoms with Crippen LogP contribution >= 0.6 is 11.6 Å². The van der Waals surface area contributed by atoms with Crippen LogP contribution in [0.25, 0.3) is 0 Å². The van der Waals surface area contributed by atoms with E-state index in [1.165, 1.54) is 12.1 Å². The molecule has 4 heteroatoms. The van der Waals surface area contributed by atoms with E-state index in [1.54, 1.807) is 0 Å². The molecule has 3 unspecified atom stereocenters. The fraction of sp³-hybridized carbons (Fsp3) is 0.500. The molecule has 1 fully saturated rings. The summed E-state index contributed by atoms with van der Waals surface area (Å²) in [6, 6.07) is 3.45. The molecule has 0 radical (unpaired) electrons. The Balaban J connectivity index is 2.23. The van der Waals surface area contributed by atoms with E-state index in [2.05, 4.69) is 0 Å². The van der Waals surface area contributed by atoms with Gasteiger partial charge in [0, 0.05) is 18.2 Å². The Hall–Kier alpha value is -0.670. The Labute approximate surface area is 98.4 Å². The molecule has 1 aliphatic rings. The molecule has 1 nitrogen and oxygen atoms in total. The highest BCUT2D eigenvalue weighted by Crippen LogP contribution is 2.36. The van der Waals surface area contributed by atoms with Crippen molar-refractivity contribution < 1.29 is 13.5 Å². The Morgan fingerprint density at radius 3 is 2.75 bits per heavy atom. The van der Waals surface area contributed by atoms with Gasteiger partial charge in [-0.2, -0.15) is 0 Å². The summed E-state index contributed by atoms with van der Waals surface area (Å²) in [5.74, 6) is -0.903. The lowest BCUT2D eigenvalue weighted by molar-refractivity contribution is 0.0895. The van der Waals surface area contributed by atoms with Crippen molar-refractivity contribution in [2.24, 2.45) is 5.92 Å². The van der Waals surface area contributed by atoms with Crippen LogP contribution < -0.4 is 0 Å². The number of alkyl halides is 1. The zero-order valence-corrected chi connectivity index (χ0v) is 9.68. The maximum absolute atomic E-state index is 13.5. The van der Waals surface area contributed by atoms with Crippen molar-refractivity contribution in [3.8, 4) is 0 Å². The molecule has 1 heterocycles. The first-order valence-corrected chi connectivity index (χ1v) is 5.74. The smallest absolute Gasteiger partial charge is 0.130 e. The van der Waals surface area contributed by atoms with Crippen LogP contribution in [0.3, 0.4) is 0 Å². The van der Waals surface area contributed by atoms with Gasteiger partial charge in [0.05, 0.1) is 11.5 Å². The molecule has 3 atom stereocenters. The van der Waals surface area contributed by atoms with Gasteiger partial charge in [0.1, 0.15) is 11.6 Å². The van der Waals surface area contributed by atoms with E-state index in [0.717, 1.165) is 12.5 Å². The molecular formula is C12H13ClF2O. The highest BCUT2D eigenvalue weighted by Gasteiger charge is 2.33. The van der Waals surface area contributed by atoms with Gasteiger partial charge in [0.2, 0.25) is 0 Å². The summed E-state index contributed by atoms with van der Waals surface area (Å²) >= 11 is 6.18. The number of ether oxygens (including phenoxy) is 1. The van der Waals surface area contributed by atoms with E-state index in [9.17, 15) is 8.78 Å². The Morgan fingerprint density at radius 2 is 2.19 bits per heavy atom. The predicted octanol–water partition coefficient (Wildman–Crippen LogP) is 3.67. The molecule has 16 heavy (non-hydrogen) atoms. The summed E-state index contributed by atoms with van der Waals surface area (Å²) < 4.78 is 31.7. The average Bonchev–Trinajstić information content (AvgIpc) is 2.63. The highest BCUT2D eigenvalue weighted by molar-refractivity contribution is 6.21. The minimum Gasteiger partial charge on any atom is -0.376 e. The van der Waals surface area contributed by atoms with E-state index >= 15 is 0 Å². The van der Waals surface area contributed by atoms with Crippen LogP contribution in [-0.4, -0.2) is 12.7 Å². The lowest BCUT2D eigenvalue weighted by Gasteiger charge is -2.21. The first-order chi connectivity index (χ1) is 7.59. The second-order valence-corrected chi connectivity index (χ2v) is 4.64. The van der Waals surface area contributed by atoms with E-state index in [0.29, 0.717) is 18.1 Å². The zero-order chi connectivity index (χ0) is 11.7. The predicted molar refractivity (Wildman–Crippen MR) is 58.5 cm³/mol. The fourth-order valence-corrected chi connectivity index (χ4v) is 2.49. The van der Waals surface area contributed by atoms with Gasteiger partial charge in [-0.15, -0.1) is 11.6 Å².